The van der Waals surface area contributed by atoms with Crippen LogP contribution in [0.3, 0.4) is 0 Å². The molecular formula is C16H13Cl2N3OS. The quantitative estimate of drug-likeness (QED) is 0.691. The summed E-state index contributed by atoms with van der Waals surface area (Å²) >= 11 is 13.6. The summed E-state index contributed by atoms with van der Waals surface area (Å²) in [6.07, 6.45) is 0. The molecule has 0 spiro atoms. The highest BCUT2D eigenvalue weighted by Crippen LogP contribution is 2.30. The Kier molecular flexibility index (Phi) is 4.80. The van der Waals surface area contributed by atoms with E-state index in [9.17, 15) is 4.79 Å². The first-order valence-electron chi connectivity index (χ1n) is 6.85. The molecule has 0 aliphatic rings. The molecule has 0 unspecified atom stereocenters. The lowest BCUT2D eigenvalue weighted by Gasteiger charge is -2.07. The number of nitrogens with two attached hydrogens (primary N) is 1. The Balaban J connectivity index is 1.91. The lowest BCUT2D eigenvalue weighted by atomic mass is 10.2. The SMILES string of the molecule is NC(=O)Cn1c(SCc2ccc(Cl)cc2Cl)nc2ccccc21. The smallest absolute Gasteiger partial charge is 0.237 e. The molecule has 1 amide bonds. The van der Waals surface area contributed by atoms with Crippen LogP contribution < -0.4 is 5.73 Å². The molecule has 2 aromatic carbocycles. The van der Waals surface area contributed by atoms with Gasteiger partial charge in [0, 0.05) is 15.8 Å². The first kappa shape index (κ1) is 16.2. The van der Waals surface area contributed by atoms with Crippen molar-refractivity contribution in [1.29, 1.82) is 0 Å². The monoisotopic (exact) mass is 365 g/mol. The number of imidazole rings is 1. The molecule has 0 radical (unpaired) electrons. The molecule has 0 aliphatic carbocycles. The van der Waals surface area contributed by atoms with Gasteiger partial charge in [-0.25, -0.2) is 4.98 Å². The van der Waals surface area contributed by atoms with Crippen molar-refractivity contribution in [2.75, 3.05) is 0 Å². The van der Waals surface area contributed by atoms with E-state index < -0.39 is 5.91 Å². The van der Waals surface area contributed by atoms with Gasteiger partial charge < -0.3 is 10.3 Å². The van der Waals surface area contributed by atoms with Crippen LogP contribution in [0, 0.1) is 0 Å². The maximum absolute atomic E-state index is 11.4. The summed E-state index contributed by atoms with van der Waals surface area (Å²) in [5.41, 5.74) is 8.03. The van der Waals surface area contributed by atoms with Gasteiger partial charge in [0.15, 0.2) is 5.16 Å². The van der Waals surface area contributed by atoms with Crippen LogP contribution in [0.5, 0.6) is 0 Å². The number of primary amides is 1. The number of nitrogens with zero attached hydrogens (tertiary/aromatic N) is 2. The number of hydrogen-bond acceptors (Lipinski definition) is 3. The molecule has 4 nitrogen and oxygen atoms in total. The van der Waals surface area contributed by atoms with E-state index in [1.807, 2.05) is 34.9 Å². The number of amides is 1. The fraction of sp³-hybridized carbons (Fsp3) is 0.125. The first-order valence-corrected chi connectivity index (χ1v) is 8.59. The molecule has 0 bridgehead atoms. The van der Waals surface area contributed by atoms with E-state index in [-0.39, 0.29) is 6.54 Å². The number of carbonyl (C=O) groups is 1. The van der Waals surface area contributed by atoms with Gasteiger partial charge in [-0.2, -0.15) is 0 Å². The summed E-state index contributed by atoms with van der Waals surface area (Å²) in [6, 6.07) is 13.1. The van der Waals surface area contributed by atoms with E-state index >= 15 is 0 Å². The predicted molar refractivity (Wildman–Crippen MR) is 95.0 cm³/mol. The lowest BCUT2D eigenvalue weighted by Crippen LogP contribution is -2.19. The number of aromatic nitrogens is 2. The molecule has 0 fully saturated rings. The highest BCUT2D eigenvalue weighted by atomic mass is 35.5. The van der Waals surface area contributed by atoms with Crippen LogP contribution in [-0.4, -0.2) is 15.5 Å². The van der Waals surface area contributed by atoms with Crippen molar-refractivity contribution in [1.82, 2.24) is 9.55 Å². The zero-order valence-electron chi connectivity index (χ0n) is 12.0. The Morgan fingerprint density at radius 1 is 1.22 bits per heavy atom. The third kappa shape index (κ3) is 3.63. The molecule has 0 saturated carbocycles. The second kappa shape index (κ2) is 6.83. The van der Waals surface area contributed by atoms with Crippen molar-refractivity contribution >= 4 is 51.9 Å². The van der Waals surface area contributed by atoms with Gasteiger partial charge in [-0.1, -0.05) is 53.2 Å². The zero-order chi connectivity index (χ0) is 16.4. The van der Waals surface area contributed by atoms with Crippen molar-refractivity contribution in [2.24, 2.45) is 5.73 Å². The predicted octanol–water partition coefficient (Wildman–Crippen LogP) is 4.12. The fourth-order valence-electron chi connectivity index (χ4n) is 2.25. The Hall–Kier alpha value is -1.69. The van der Waals surface area contributed by atoms with Gasteiger partial charge in [0.1, 0.15) is 6.54 Å². The molecule has 3 aromatic rings. The first-order chi connectivity index (χ1) is 11.0. The van der Waals surface area contributed by atoms with E-state index in [1.165, 1.54) is 11.8 Å². The topological polar surface area (TPSA) is 60.9 Å². The Morgan fingerprint density at radius 3 is 2.74 bits per heavy atom. The largest absolute Gasteiger partial charge is 0.368 e. The summed E-state index contributed by atoms with van der Waals surface area (Å²) < 4.78 is 1.83. The molecular weight excluding hydrogens is 353 g/mol. The Labute approximate surface area is 147 Å². The van der Waals surface area contributed by atoms with Crippen LogP contribution in [0.4, 0.5) is 0 Å². The number of fused-ring (bicyclic) bond motifs is 1. The molecule has 7 heteroatoms. The van der Waals surface area contributed by atoms with E-state index in [4.69, 9.17) is 28.9 Å². The molecule has 1 aromatic heterocycles. The molecule has 2 N–H and O–H groups in total. The standard InChI is InChI=1S/C16H13Cl2N3OS/c17-11-6-5-10(12(18)7-11)9-23-16-20-13-3-1-2-4-14(13)21(16)8-15(19)22/h1-7H,8-9H2,(H2,19,22). The molecule has 1 heterocycles. The van der Waals surface area contributed by atoms with Gasteiger partial charge in [-0.05, 0) is 29.8 Å². The summed E-state index contributed by atoms with van der Waals surface area (Å²) in [5, 5.41) is 1.95. The third-order valence-corrected chi connectivity index (χ3v) is 4.92. The number of benzene rings is 2. The van der Waals surface area contributed by atoms with Crippen LogP contribution in [-0.2, 0) is 17.1 Å². The van der Waals surface area contributed by atoms with Gasteiger partial charge in [0.2, 0.25) is 5.91 Å². The Morgan fingerprint density at radius 2 is 2.00 bits per heavy atom. The number of halogens is 2. The van der Waals surface area contributed by atoms with Gasteiger partial charge in [-0.3, -0.25) is 4.79 Å². The molecule has 3 rings (SSSR count). The summed E-state index contributed by atoms with van der Waals surface area (Å²) in [7, 11) is 0. The minimum absolute atomic E-state index is 0.0944. The molecule has 118 valence electrons. The van der Waals surface area contributed by atoms with E-state index in [2.05, 4.69) is 4.98 Å². The van der Waals surface area contributed by atoms with Crippen LogP contribution >= 0.6 is 35.0 Å². The van der Waals surface area contributed by atoms with Crippen LogP contribution in [0.15, 0.2) is 47.6 Å². The molecule has 0 saturated heterocycles. The fourth-order valence-corrected chi connectivity index (χ4v) is 3.83. The van der Waals surface area contributed by atoms with Crippen molar-refractivity contribution < 1.29 is 4.79 Å². The number of hydrogen-bond donors (Lipinski definition) is 1. The minimum Gasteiger partial charge on any atom is -0.368 e. The van der Waals surface area contributed by atoms with E-state index in [1.54, 1.807) is 12.1 Å². The second-order valence-corrected chi connectivity index (χ2v) is 6.75. The van der Waals surface area contributed by atoms with Gasteiger partial charge in [0.05, 0.1) is 11.0 Å². The summed E-state index contributed by atoms with van der Waals surface area (Å²) in [6.45, 7) is 0.0944. The zero-order valence-corrected chi connectivity index (χ0v) is 14.3. The molecule has 0 aliphatic heterocycles. The number of carbonyl (C=O) groups excluding carboxylic acids is 1. The highest BCUT2D eigenvalue weighted by molar-refractivity contribution is 7.98. The average Bonchev–Trinajstić information content (AvgIpc) is 2.84. The van der Waals surface area contributed by atoms with Crippen molar-refractivity contribution in [3.8, 4) is 0 Å². The number of para-hydroxylation sites is 2. The van der Waals surface area contributed by atoms with E-state index in [0.717, 1.165) is 21.8 Å². The normalized spacial score (nSPS) is 11.0. The minimum atomic E-state index is -0.403. The maximum atomic E-state index is 11.4. The average molecular weight is 366 g/mol. The van der Waals surface area contributed by atoms with Crippen molar-refractivity contribution in [2.45, 2.75) is 17.5 Å². The lowest BCUT2D eigenvalue weighted by molar-refractivity contribution is -0.118. The van der Waals surface area contributed by atoms with Crippen molar-refractivity contribution in [3.63, 3.8) is 0 Å². The van der Waals surface area contributed by atoms with Gasteiger partial charge >= 0.3 is 0 Å². The number of thioether (sulfide) groups is 1. The van der Waals surface area contributed by atoms with Crippen LogP contribution in [0.2, 0.25) is 10.0 Å². The Bertz CT molecular complexity index is 879. The van der Waals surface area contributed by atoms with Crippen molar-refractivity contribution in [3.05, 3.63) is 58.1 Å². The summed E-state index contributed by atoms with van der Waals surface area (Å²) in [5.74, 6) is 0.220. The third-order valence-electron chi connectivity index (χ3n) is 3.31. The van der Waals surface area contributed by atoms with E-state index in [0.29, 0.717) is 15.8 Å². The van der Waals surface area contributed by atoms with Crippen LogP contribution in [0.25, 0.3) is 11.0 Å². The molecule has 0 atom stereocenters. The molecule has 23 heavy (non-hydrogen) atoms. The number of rotatable bonds is 5. The maximum Gasteiger partial charge on any atom is 0.237 e. The highest BCUT2D eigenvalue weighted by Gasteiger charge is 2.13. The summed E-state index contributed by atoms with van der Waals surface area (Å²) in [4.78, 5) is 15.9. The van der Waals surface area contributed by atoms with Gasteiger partial charge in [0.25, 0.3) is 0 Å². The van der Waals surface area contributed by atoms with Crippen LogP contribution in [0.1, 0.15) is 5.56 Å². The second-order valence-electron chi connectivity index (χ2n) is 4.96. The van der Waals surface area contributed by atoms with Gasteiger partial charge in [-0.15, -0.1) is 0 Å².